The fraction of sp³-hybridized carbons (Fsp3) is 0.148. The first-order valence-corrected chi connectivity index (χ1v) is 10.7. The van der Waals surface area contributed by atoms with Gasteiger partial charge in [0, 0.05) is 17.8 Å². The number of amides is 1. The van der Waals surface area contributed by atoms with Gasteiger partial charge in [-0.3, -0.25) is 14.6 Å². The van der Waals surface area contributed by atoms with Crippen LogP contribution in [0.25, 0.3) is 21.9 Å². The standard InChI is InChI=1S/C27H23N3O3/c1-27(2,26(32)33-3)18-8-10-22-24(14-18)30-25(31)21-9-7-16(13-23(21)29-22)19-6-4-5-17-15-28-12-11-20(17)19/h4-15,29H,1-3H3,(H,30,31). The SMILES string of the molecule is COC(=O)C(C)(C)c1ccc2c(c1)NC(=O)c1ccc(-c3cccc4cnccc34)cc1N2. The van der Waals surface area contributed by atoms with Crippen LogP contribution >= 0.6 is 0 Å². The molecule has 0 unspecified atom stereocenters. The Morgan fingerprint density at radius 3 is 2.58 bits per heavy atom. The van der Waals surface area contributed by atoms with Crippen molar-refractivity contribution in [1.82, 2.24) is 4.98 Å². The highest BCUT2D eigenvalue weighted by molar-refractivity contribution is 6.13. The zero-order valence-electron chi connectivity index (χ0n) is 18.6. The molecule has 1 aliphatic heterocycles. The molecular formula is C27H23N3O3. The molecule has 2 heterocycles. The molecule has 33 heavy (non-hydrogen) atoms. The Balaban J connectivity index is 1.57. The predicted molar refractivity (Wildman–Crippen MR) is 130 cm³/mol. The third kappa shape index (κ3) is 3.49. The van der Waals surface area contributed by atoms with E-state index in [1.165, 1.54) is 7.11 Å². The fourth-order valence-electron chi connectivity index (χ4n) is 4.24. The molecule has 0 fully saturated rings. The first-order valence-electron chi connectivity index (χ1n) is 10.7. The number of esters is 1. The predicted octanol–water partition coefficient (Wildman–Crippen LogP) is 5.66. The number of methoxy groups -OCH3 is 1. The lowest BCUT2D eigenvalue weighted by molar-refractivity contribution is -0.146. The van der Waals surface area contributed by atoms with Crippen LogP contribution in [0.2, 0.25) is 0 Å². The van der Waals surface area contributed by atoms with Crippen LogP contribution in [0.3, 0.4) is 0 Å². The summed E-state index contributed by atoms with van der Waals surface area (Å²) in [5.74, 6) is -0.550. The van der Waals surface area contributed by atoms with Crippen LogP contribution < -0.4 is 10.6 Å². The molecule has 1 amide bonds. The van der Waals surface area contributed by atoms with Crippen molar-refractivity contribution >= 4 is 39.7 Å². The first-order chi connectivity index (χ1) is 15.9. The van der Waals surface area contributed by atoms with Gasteiger partial charge < -0.3 is 15.4 Å². The van der Waals surface area contributed by atoms with Crippen molar-refractivity contribution < 1.29 is 14.3 Å². The third-order valence-electron chi connectivity index (χ3n) is 6.21. The molecule has 0 saturated carbocycles. The Hall–Kier alpha value is -4.19. The molecule has 1 aliphatic rings. The van der Waals surface area contributed by atoms with Crippen molar-refractivity contribution in [2.45, 2.75) is 19.3 Å². The number of carbonyl (C=O) groups excluding carboxylic acids is 2. The van der Waals surface area contributed by atoms with Gasteiger partial charge in [0.05, 0.1) is 35.2 Å². The smallest absolute Gasteiger partial charge is 0.315 e. The van der Waals surface area contributed by atoms with E-state index in [9.17, 15) is 9.59 Å². The Morgan fingerprint density at radius 1 is 0.909 bits per heavy atom. The maximum atomic E-state index is 13.0. The van der Waals surface area contributed by atoms with Crippen LogP contribution in [0.1, 0.15) is 29.8 Å². The molecule has 0 bridgehead atoms. The molecule has 0 radical (unpaired) electrons. The second-order valence-electron chi connectivity index (χ2n) is 8.62. The van der Waals surface area contributed by atoms with E-state index in [0.29, 0.717) is 11.3 Å². The van der Waals surface area contributed by atoms with E-state index in [1.54, 1.807) is 20.0 Å². The molecule has 6 heteroatoms. The molecular weight excluding hydrogens is 414 g/mol. The van der Waals surface area contributed by atoms with Crippen molar-refractivity contribution in [3.05, 3.63) is 84.2 Å². The normalized spacial score (nSPS) is 12.8. The lowest BCUT2D eigenvalue weighted by Gasteiger charge is -2.23. The van der Waals surface area contributed by atoms with Crippen LogP contribution in [0, 0.1) is 0 Å². The van der Waals surface area contributed by atoms with Gasteiger partial charge in [0.1, 0.15) is 0 Å². The molecule has 4 aromatic rings. The van der Waals surface area contributed by atoms with Gasteiger partial charge in [-0.2, -0.15) is 0 Å². The number of pyridine rings is 1. The number of anilines is 3. The van der Waals surface area contributed by atoms with Gasteiger partial charge in [-0.15, -0.1) is 0 Å². The van der Waals surface area contributed by atoms with E-state index in [4.69, 9.17) is 4.74 Å². The van der Waals surface area contributed by atoms with Crippen LogP contribution in [-0.4, -0.2) is 24.0 Å². The molecule has 6 nitrogen and oxygen atoms in total. The highest BCUT2D eigenvalue weighted by Crippen LogP contribution is 2.38. The third-order valence-corrected chi connectivity index (χ3v) is 6.21. The van der Waals surface area contributed by atoms with Gasteiger partial charge in [-0.1, -0.05) is 30.3 Å². The van der Waals surface area contributed by atoms with E-state index in [2.05, 4.69) is 21.7 Å². The van der Waals surface area contributed by atoms with Crippen LogP contribution in [0.15, 0.2) is 73.1 Å². The van der Waals surface area contributed by atoms with Gasteiger partial charge in [0.25, 0.3) is 5.91 Å². The number of fused-ring (bicyclic) bond motifs is 3. The molecule has 0 spiro atoms. The summed E-state index contributed by atoms with van der Waals surface area (Å²) in [5, 5.41) is 8.53. The Kier molecular flexibility index (Phi) is 4.86. The Labute approximate surface area is 191 Å². The average Bonchev–Trinajstić information content (AvgIpc) is 2.97. The number of rotatable bonds is 3. The number of hydrogen-bond donors (Lipinski definition) is 2. The Bertz CT molecular complexity index is 1420. The summed E-state index contributed by atoms with van der Waals surface area (Å²) in [6.45, 7) is 3.60. The largest absolute Gasteiger partial charge is 0.468 e. The number of carbonyl (C=O) groups is 2. The van der Waals surface area contributed by atoms with Crippen LogP contribution in [-0.2, 0) is 14.9 Å². The maximum absolute atomic E-state index is 13.0. The van der Waals surface area contributed by atoms with Crippen molar-refractivity contribution in [1.29, 1.82) is 0 Å². The van der Waals surface area contributed by atoms with Crippen molar-refractivity contribution in [3.63, 3.8) is 0 Å². The summed E-state index contributed by atoms with van der Waals surface area (Å²) < 4.78 is 4.95. The summed E-state index contributed by atoms with van der Waals surface area (Å²) in [7, 11) is 1.37. The molecule has 0 aliphatic carbocycles. The zero-order chi connectivity index (χ0) is 23.2. The molecule has 3 aromatic carbocycles. The minimum atomic E-state index is -0.843. The van der Waals surface area contributed by atoms with Crippen LogP contribution in [0.5, 0.6) is 0 Å². The van der Waals surface area contributed by atoms with Gasteiger partial charge in [-0.25, -0.2) is 0 Å². The fourth-order valence-corrected chi connectivity index (χ4v) is 4.24. The lowest BCUT2D eigenvalue weighted by Crippen LogP contribution is -2.30. The zero-order valence-corrected chi connectivity index (χ0v) is 18.6. The Morgan fingerprint density at radius 2 is 1.76 bits per heavy atom. The first kappa shape index (κ1) is 20.7. The minimum Gasteiger partial charge on any atom is -0.468 e. The summed E-state index contributed by atoms with van der Waals surface area (Å²) in [4.78, 5) is 29.5. The van der Waals surface area contributed by atoms with E-state index < -0.39 is 5.41 Å². The number of nitrogens with zero attached hydrogens (tertiary/aromatic N) is 1. The monoisotopic (exact) mass is 437 g/mol. The highest BCUT2D eigenvalue weighted by Gasteiger charge is 2.32. The van der Waals surface area contributed by atoms with E-state index in [1.807, 2.05) is 60.8 Å². The second-order valence-corrected chi connectivity index (χ2v) is 8.62. The molecule has 2 N–H and O–H groups in total. The molecule has 5 rings (SSSR count). The van der Waals surface area contributed by atoms with Gasteiger partial charge in [0.2, 0.25) is 0 Å². The van der Waals surface area contributed by atoms with Gasteiger partial charge in [0.15, 0.2) is 0 Å². The summed E-state index contributed by atoms with van der Waals surface area (Å²) in [6, 6.07) is 19.5. The minimum absolute atomic E-state index is 0.210. The number of hydrogen-bond acceptors (Lipinski definition) is 5. The quantitative estimate of drug-likeness (QED) is 0.404. The van der Waals surface area contributed by atoms with Gasteiger partial charge in [-0.05, 0) is 66.3 Å². The highest BCUT2D eigenvalue weighted by atomic mass is 16.5. The van der Waals surface area contributed by atoms with Crippen molar-refractivity contribution in [2.75, 3.05) is 17.7 Å². The van der Waals surface area contributed by atoms with Crippen molar-refractivity contribution in [3.8, 4) is 11.1 Å². The lowest BCUT2D eigenvalue weighted by atomic mass is 9.84. The average molecular weight is 437 g/mol. The topological polar surface area (TPSA) is 80.3 Å². The second kappa shape index (κ2) is 7.74. The van der Waals surface area contributed by atoms with Crippen LogP contribution in [0.4, 0.5) is 17.1 Å². The molecule has 164 valence electrons. The maximum Gasteiger partial charge on any atom is 0.315 e. The van der Waals surface area contributed by atoms with E-state index >= 15 is 0 Å². The van der Waals surface area contributed by atoms with E-state index in [0.717, 1.165) is 38.8 Å². The molecule has 0 atom stereocenters. The van der Waals surface area contributed by atoms with Gasteiger partial charge >= 0.3 is 5.97 Å². The summed E-state index contributed by atoms with van der Waals surface area (Å²) in [5.41, 5.74) is 4.61. The number of ether oxygens (including phenoxy) is 1. The molecule has 0 saturated heterocycles. The molecule has 1 aromatic heterocycles. The number of nitrogens with one attached hydrogen (secondary N) is 2. The summed E-state index contributed by atoms with van der Waals surface area (Å²) in [6.07, 6.45) is 3.63. The number of aromatic nitrogens is 1. The summed E-state index contributed by atoms with van der Waals surface area (Å²) >= 11 is 0. The van der Waals surface area contributed by atoms with Crippen molar-refractivity contribution in [2.24, 2.45) is 0 Å². The van der Waals surface area contributed by atoms with E-state index in [-0.39, 0.29) is 11.9 Å². The number of benzene rings is 3.